The topological polar surface area (TPSA) is 49.6 Å². The SMILES string of the molecule is Cc1cc(/C=C/C(=O)N2C3CC2CN(Cc2ccc(F)cc2)C3)c(N)cc1Cl. The second kappa shape index (κ2) is 7.57. The molecule has 3 heterocycles. The Morgan fingerprint density at radius 1 is 1.25 bits per heavy atom. The first kappa shape index (κ1) is 19.0. The Morgan fingerprint density at radius 2 is 1.93 bits per heavy atom. The summed E-state index contributed by atoms with van der Waals surface area (Å²) in [4.78, 5) is 17.0. The fraction of sp³-hybridized carbons (Fsp3) is 0.318. The maximum absolute atomic E-state index is 13.1. The molecule has 0 spiro atoms. The molecule has 3 aliphatic rings. The Morgan fingerprint density at radius 3 is 2.61 bits per heavy atom. The molecule has 4 nitrogen and oxygen atoms in total. The third-order valence-electron chi connectivity index (χ3n) is 5.61. The summed E-state index contributed by atoms with van der Waals surface area (Å²) in [6, 6.07) is 10.7. The van der Waals surface area contributed by atoms with Gasteiger partial charge in [-0.25, -0.2) is 4.39 Å². The Labute approximate surface area is 169 Å². The lowest BCUT2D eigenvalue weighted by molar-refractivity contribution is -0.148. The average Bonchev–Trinajstić information content (AvgIpc) is 2.65. The second-order valence-electron chi connectivity index (χ2n) is 7.67. The summed E-state index contributed by atoms with van der Waals surface area (Å²) >= 11 is 6.07. The summed E-state index contributed by atoms with van der Waals surface area (Å²) in [5.41, 5.74) is 9.39. The number of benzene rings is 2. The van der Waals surface area contributed by atoms with Crippen molar-refractivity contribution in [3.05, 3.63) is 70.0 Å². The van der Waals surface area contributed by atoms with E-state index in [1.165, 1.54) is 12.1 Å². The maximum Gasteiger partial charge on any atom is 0.247 e. The van der Waals surface area contributed by atoms with Crippen molar-refractivity contribution in [1.29, 1.82) is 0 Å². The number of nitrogens with two attached hydrogens (primary N) is 1. The highest BCUT2D eigenvalue weighted by atomic mass is 35.5. The lowest BCUT2D eigenvalue weighted by atomic mass is 9.87. The van der Waals surface area contributed by atoms with Crippen LogP contribution in [0.5, 0.6) is 0 Å². The molecule has 3 aliphatic heterocycles. The van der Waals surface area contributed by atoms with Gasteiger partial charge in [-0.15, -0.1) is 0 Å². The van der Waals surface area contributed by atoms with Gasteiger partial charge >= 0.3 is 0 Å². The quantitative estimate of drug-likeness (QED) is 0.627. The van der Waals surface area contributed by atoms with Crippen molar-refractivity contribution in [2.24, 2.45) is 0 Å². The molecule has 146 valence electrons. The average molecular weight is 400 g/mol. The van der Waals surface area contributed by atoms with Crippen molar-refractivity contribution in [1.82, 2.24) is 9.80 Å². The summed E-state index contributed by atoms with van der Waals surface area (Å²) in [6.45, 7) is 4.38. The number of amides is 1. The van der Waals surface area contributed by atoms with Crippen LogP contribution in [0.15, 0.2) is 42.5 Å². The monoisotopic (exact) mass is 399 g/mol. The molecule has 0 saturated carbocycles. The van der Waals surface area contributed by atoms with E-state index >= 15 is 0 Å². The van der Waals surface area contributed by atoms with E-state index in [0.717, 1.165) is 42.7 Å². The lowest BCUT2D eigenvalue weighted by Crippen LogP contribution is -2.69. The number of piperazine rings is 1. The highest BCUT2D eigenvalue weighted by Gasteiger charge is 2.46. The molecule has 0 aromatic heterocycles. The van der Waals surface area contributed by atoms with E-state index in [1.54, 1.807) is 18.2 Å². The molecule has 3 fully saturated rings. The van der Waals surface area contributed by atoms with Crippen molar-refractivity contribution in [2.45, 2.75) is 32.0 Å². The molecule has 1 amide bonds. The number of piperidine rings is 1. The number of carbonyl (C=O) groups excluding carboxylic acids is 1. The summed E-state index contributed by atoms with van der Waals surface area (Å²) < 4.78 is 13.1. The van der Waals surface area contributed by atoms with Crippen LogP contribution < -0.4 is 5.73 Å². The fourth-order valence-corrected chi connectivity index (χ4v) is 4.32. The smallest absolute Gasteiger partial charge is 0.247 e. The number of carbonyl (C=O) groups is 1. The Balaban J connectivity index is 1.37. The van der Waals surface area contributed by atoms with Crippen molar-refractivity contribution < 1.29 is 9.18 Å². The summed E-state index contributed by atoms with van der Waals surface area (Å²) in [6.07, 6.45) is 4.42. The fourth-order valence-electron chi connectivity index (χ4n) is 4.14. The second-order valence-corrected chi connectivity index (χ2v) is 8.08. The van der Waals surface area contributed by atoms with Crippen LogP contribution >= 0.6 is 11.6 Å². The van der Waals surface area contributed by atoms with Gasteiger partial charge in [0.25, 0.3) is 0 Å². The molecule has 2 unspecified atom stereocenters. The Bertz CT molecular complexity index is 916. The predicted molar refractivity (Wildman–Crippen MR) is 110 cm³/mol. The number of nitrogen functional groups attached to an aromatic ring is 1. The minimum atomic E-state index is -0.217. The Hall–Kier alpha value is -2.37. The molecule has 3 saturated heterocycles. The number of hydrogen-bond acceptors (Lipinski definition) is 3. The third-order valence-corrected chi connectivity index (χ3v) is 6.02. The predicted octanol–water partition coefficient (Wildman–Crippen LogP) is 3.87. The van der Waals surface area contributed by atoms with E-state index in [0.29, 0.717) is 10.7 Å². The first-order valence-corrected chi connectivity index (χ1v) is 9.81. The first-order chi connectivity index (χ1) is 13.4. The molecule has 0 aliphatic carbocycles. The number of aryl methyl sites for hydroxylation is 1. The van der Waals surface area contributed by atoms with Gasteiger partial charge < -0.3 is 10.6 Å². The van der Waals surface area contributed by atoms with Crippen LogP contribution in [0.25, 0.3) is 6.08 Å². The summed E-state index contributed by atoms with van der Waals surface area (Å²) in [5, 5.41) is 0.625. The van der Waals surface area contributed by atoms with Gasteiger partial charge in [-0.1, -0.05) is 23.7 Å². The molecule has 2 N–H and O–H groups in total. The van der Waals surface area contributed by atoms with Crippen LogP contribution in [0.3, 0.4) is 0 Å². The zero-order valence-corrected chi connectivity index (χ0v) is 16.5. The van der Waals surface area contributed by atoms with Crippen molar-refractivity contribution in [3.8, 4) is 0 Å². The van der Waals surface area contributed by atoms with Crippen LogP contribution in [0, 0.1) is 12.7 Å². The standard InChI is InChI=1S/C22H23ClFN3O/c1-14-8-16(21(25)10-20(14)23)4-7-22(28)27-18-9-19(27)13-26(12-18)11-15-2-5-17(24)6-3-15/h2-8,10,18-19H,9,11-13,25H2,1H3/b7-4+. The van der Waals surface area contributed by atoms with Gasteiger partial charge in [0.1, 0.15) is 5.82 Å². The third kappa shape index (κ3) is 3.77. The first-order valence-electron chi connectivity index (χ1n) is 9.43. The minimum absolute atomic E-state index is 0.0229. The highest BCUT2D eigenvalue weighted by molar-refractivity contribution is 6.31. The molecule has 2 aromatic carbocycles. The van der Waals surface area contributed by atoms with Crippen LogP contribution in [0.4, 0.5) is 10.1 Å². The number of anilines is 1. The van der Waals surface area contributed by atoms with Crippen LogP contribution in [0.2, 0.25) is 5.02 Å². The normalized spacial score (nSPS) is 21.8. The van der Waals surface area contributed by atoms with E-state index in [1.807, 2.05) is 30.0 Å². The molecule has 5 rings (SSSR count). The van der Waals surface area contributed by atoms with Crippen molar-refractivity contribution in [3.63, 3.8) is 0 Å². The van der Waals surface area contributed by atoms with Gasteiger partial charge in [-0.3, -0.25) is 9.69 Å². The molecule has 2 bridgehead atoms. The molecule has 2 atom stereocenters. The van der Waals surface area contributed by atoms with Crippen LogP contribution in [-0.2, 0) is 11.3 Å². The van der Waals surface area contributed by atoms with Crippen LogP contribution in [-0.4, -0.2) is 40.9 Å². The molecule has 6 heteroatoms. The van der Waals surface area contributed by atoms with Gasteiger partial charge in [-0.05, 0) is 60.4 Å². The van der Waals surface area contributed by atoms with Gasteiger partial charge in [0.15, 0.2) is 0 Å². The van der Waals surface area contributed by atoms with Gasteiger partial charge in [0, 0.05) is 48.5 Å². The van der Waals surface area contributed by atoms with E-state index in [-0.39, 0.29) is 23.8 Å². The van der Waals surface area contributed by atoms with Gasteiger partial charge in [0.2, 0.25) is 5.91 Å². The lowest BCUT2D eigenvalue weighted by Gasteiger charge is -2.56. The zero-order chi connectivity index (χ0) is 19.8. The number of halogens is 2. The van der Waals surface area contributed by atoms with Crippen LogP contribution in [0.1, 0.15) is 23.1 Å². The van der Waals surface area contributed by atoms with Gasteiger partial charge in [0.05, 0.1) is 0 Å². The van der Waals surface area contributed by atoms with E-state index in [4.69, 9.17) is 17.3 Å². The number of hydrogen-bond donors (Lipinski definition) is 1. The zero-order valence-electron chi connectivity index (χ0n) is 15.7. The minimum Gasteiger partial charge on any atom is -0.398 e. The largest absolute Gasteiger partial charge is 0.398 e. The molecular formula is C22H23ClFN3O. The van der Waals surface area contributed by atoms with Crippen molar-refractivity contribution >= 4 is 29.3 Å². The molecule has 2 aromatic rings. The van der Waals surface area contributed by atoms with E-state index in [2.05, 4.69) is 4.90 Å². The highest BCUT2D eigenvalue weighted by Crippen LogP contribution is 2.33. The Kier molecular flexibility index (Phi) is 5.13. The number of fused-ring (bicyclic) bond motifs is 2. The van der Waals surface area contributed by atoms with E-state index in [9.17, 15) is 9.18 Å². The molecule has 0 radical (unpaired) electrons. The summed E-state index contributed by atoms with van der Waals surface area (Å²) in [5.74, 6) is -0.194. The number of nitrogens with zero attached hydrogens (tertiary/aromatic N) is 2. The van der Waals surface area contributed by atoms with Crippen molar-refractivity contribution in [2.75, 3.05) is 18.8 Å². The molecular weight excluding hydrogens is 377 g/mol. The summed E-state index contributed by atoms with van der Waals surface area (Å²) in [7, 11) is 0. The molecule has 28 heavy (non-hydrogen) atoms. The number of rotatable bonds is 4. The maximum atomic E-state index is 13.1. The van der Waals surface area contributed by atoms with E-state index < -0.39 is 0 Å². The van der Waals surface area contributed by atoms with Gasteiger partial charge in [-0.2, -0.15) is 0 Å².